The molecule has 8 heteroatoms. The average Bonchev–Trinajstić information content (AvgIpc) is 3.25. The first-order valence-electron chi connectivity index (χ1n) is 8.42. The van der Waals surface area contributed by atoms with Crippen molar-refractivity contribution in [3.05, 3.63) is 46.5 Å². The number of anilines is 1. The Hall–Kier alpha value is -1.93. The molecule has 1 aromatic heterocycles. The average molecular weight is 384 g/mol. The quantitative estimate of drug-likeness (QED) is 0.789. The van der Waals surface area contributed by atoms with Crippen molar-refractivity contribution < 1.29 is 22.7 Å². The Morgan fingerprint density at radius 3 is 2.58 bits per heavy atom. The molecule has 0 aliphatic heterocycles. The van der Waals surface area contributed by atoms with Crippen LogP contribution in [-0.4, -0.2) is 23.6 Å². The minimum Gasteiger partial charge on any atom is -0.368 e. The second-order valence-electron chi connectivity index (χ2n) is 6.27. The number of nitrogens with zero attached hydrogens (tertiary/aromatic N) is 1. The first-order chi connectivity index (χ1) is 12.4. The number of nitrogens with one attached hydrogen (secondary N) is 1. The van der Waals surface area contributed by atoms with Crippen molar-refractivity contribution in [3.63, 3.8) is 0 Å². The molecule has 1 heterocycles. The second kappa shape index (κ2) is 8.18. The van der Waals surface area contributed by atoms with Crippen LogP contribution >= 0.6 is 11.3 Å². The maximum Gasteiger partial charge on any atom is 0.416 e. The highest BCUT2D eigenvalue weighted by atomic mass is 32.1. The van der Waals surface area contributed by atoms with Crippen LogP contribution in [-0.2, 0) is 22.1 Å². The van der Waals surface area contributed by atoms with Crippen molar-refractivity contribution in [3.8, 4) is 0 Å². The number of aromatic nitrogens is 1. The van der Waals surface area contributed by atoms with Gasteiger partial charge in [0.2, 0.25) is 0 Å². The Labute approximate surface area is 153 Å². The third-order valence-corrected chi connectivity index (χ3v) is 5.12. The Morgan fingerprint density at radius 1 is 1.23 bits per heavy atom. The Balaban J connectivity index is 1.50. The van der Waals surface area contributed by atoms with Gasteiger partial charge in [0.15, 0.2) is 5.13 Å². The molecular weight excluding hydrogens is 365 g/mol. The van der Waals surface area contributed by atoms with Gasteiger partial charge in [-0.25, -0.2) is 4.98 Å². The fourth-order valence-electron chi connectivity index (χ4n) is 2.86. The fourth-order valence-corrected chi connectivity index (χ4v) is 3.73. The van der Waals surface area contributed by atoms with Crippen molar-refractivity contribution >= 4 is 22.4 Å². The standard InChI is InChI=1S/C18H19F3N2O2S/c19-18(20,21)13-7-5-12(6-8-13)9-15-10-22-17(26-15)23-16(24)11-25-14-3-1-2-4-14/h5-8,10,14H,1-4,9,11H2,(H,22,23,24). The number of benzene rings is 1. The van der Waals surface area contributed by atoms with Gasteiger partial charge in [0.1, 0.15) is 6.61 Å². The van der Waals surface area contributed by atoms with Crippen LogP contribution in [0.25, 0.3) is 0 Å². The number of thiazole rings is 1. The van der Waals surface area contributed by atoms with Crippen molar-refractivity contribution in [2.45, 2.75) is 44.4 Å². The number of ether oxygens (including phenoxy) is 1. The Kier molecular flexibility index (Phi) is 5.93. The monoisotopic (exact) mass is 384 g/mol. The molecule has 1 aliphatic rings. The number of alkyl halides is 3. The third-order valence-electron chi connectivity index (χ3n) is 4.21. The highest BCUT2D eigenvalue weighted by Gasteiger charge is 2.29. The molecule has 140 valence electrons. The van der Waals surface area contributed by atoms with E-state index in [1.165, 1.54) is 23.5 Å². The molecule has 0 unspecified atom stereocenters. The van der Waals surface area contributed by atoms with Crippen LogP contribution in [0, 0.1) is 0 Å². The van der Waals surface area contributed by atoms with E-state index in [0.29, 0.717) is 11.6 Å². The number of carbonyl (C=O) groups is 1. The van der Waals surface area contributed by atoms with E-state index in [2.05, 4.69) is 10.3 Å². The lowest BCUT2D eigenvalue weighted by Gasteiger charge is -2.09. The van der Waals surface area contributed by atoms with Crippen LogP contribution in [0.15, 0.2) is 30.5 Å². The number of amides is 1. The summed E-state index contributed by atoms with van der Waals surface area (Å²) < 4.78 is 43.3. The van der Waals surface area contributed by atoms with Gasteiger partial charge in [-0.3, -0.25) is 10.1 Å². The van der Waals surface area contributed by atoms with Gasteiger partial charge in [-0.1, -0.05) is 25.0 Å². The van der Waals surface area contributed by atoms with Crippen LogP contribution in [0.4, 0.5) is 18.3 Å². The Bertz CT molecular complexity index is 738. The van der Waals surface area contributed by atoms with Crippen LogP contribution in [0.5, 0.6) is 0 Å². The maximum atomic E-state index is 12.6. The zero-order valence-corrected chi connectivity index (χ0v) is 14.8. The number of carbonyl (C=O) groups excluding carboxylic acids is 1. The normalized spacial score (nSPS) is 15.3. The number of halogens is 3. The second-order valence-corrected chi connectivity index (χ2v) is 7.38. The summed E-state index contributed by atoms with van der Waals surface area (Å²) in [7, 11) is 0. The highest BCUT2D eigenvalue weighted by Crippen LogP contribution is 2.30. The molecule has 1 aromatic carbocycles. The molecule has 0 spiro atoms. The van der Waals surface area contributed by atoms with Gasteiger partial charge in [-0.2, -0.15) is 13.2 Å². The summed E-state index contributed by atoms with van der Waals surface area (Å²) in [6.45, 7) is 0.0124. The lowest BCUT2D eigenvalue weighted by atomic mass is 10.1. The van der Waals surface area contributed by atoms with E-state index >= 15 is 0 Å². The molecule has 3 rings (SSSR count). The van der Waals surface area contributed by atoms with E-state index in [0.717, 1.165) is 48.3 Å². The van der Waals surface area contributed by atoms with Crippen LogP contribution < -0.4 is 5.32 Å². The van der Waals surface area contributed by atoms with E-state index in [-0.39, 0.29) is 18.6 Å². The topological polar surface area (TPSA) is 51.2 Å². The van der Waals surface area contributed by atoms with Crippen LogP contribution in [0.2, 0.25) is 0 Å². The molecule has 0 radical (unpaired) electrons. The molecule has 0 saturated heterocycles. The summed E-state index contributed by atoms with van der Waals surface area (Å²) >= 11 is 1.30. The molecule has 1 N–H and O–H groups in total. The van der Waals surface area contributed by atoms with Gasteiger partial charge in [-0.05, 0) is 30.5 Å². The summed E-state index contributed by atoms with van der Waals surface area (Å²) in [5, 5.41) is 3.16. The maximum absolute atomic E-state index is 12.6. The van der Waals surface area contributed by atoms with Crippen molar-refractivity contribution in [2.75, 3.05) is 11.9 Å². The van der Waals surface area contributed by atoms with Gasteiger partial charge in [0, 0.05) is 17.5 Å². The minimum atomic E-state index is -4.33. The molecule has 4 nitrogen and oxygen atoms in total. The highest BCUT2D eigenvalue weighted by molar-refractivity contribution is 7.15. The predicted molar refractivity (Wildman–Crippen MR) is 93.2 cm³/mol. The van der Waals surface area contributed by atoms with Gasteiger partial charge >= 0.3 is 6.18 Å². The minimum absolute atomic E-state index is 0.0124. The van der Waals surface area contributed by atoms with E-state index in [1.54, 1.807) is 6.20 Å². The molecule has 0 atom stereocenters. The first kappa shape index (κ1) is 18.8. The van der Waals surface area contributed by atoms with Crippen LogP contribution in [0.3, 0.4) is 0 Å². The summed E-state index contributed by atoms with van der Waals surface area (Å²) in [5.41, 5.74) is 0.0878. The first-order valence-corrected chi connectivity index (χ1v) is 9.24. The molecule has 1 fully saturated rings. The number of hydrogen-bond donors (Lipinski definition) is 1. The molecule has 2 aromatic rings. The number of hydrogen-bond acceptors (Lipinski definition) is 4. The largest absolute Gasteiger partial charge is 0.416 e. The third kappa shape index (κ3) is 5.28. The van der Waals surface area contributed by atoms with Gasteiger partial charge < -0.3 is 4.74 Å². The van der Waals surface area contributed by atoms with E-state index in [4.69, 9.17) is 4.74 Å². The molecular formula is C18H19F3N2O2S. The predicted octanol–water partition coefficient (Wildman–Crippen LogP) is 4.65. The smallest absolute Gasteiger partial charge is 0.368 e. The molecule has 26 heavy (non-hydrogen) atoms. The molecule has 1 aliphatic carbocycles. The fraction of sp³-hybridized carbons (Fsp3) is 0.444. The van der Waals surface area contributed by atoms with Gasteiger partial charge in [0.25, 0.3) is 5.91 Å². The summed E-state index contributed by atoms with van der Waals surface area (Å²) in [6, 6.07) is 5.05. The number of rotatable bonds is 6. The van der Waals surface area contributed by atoms with Gasteiger partial charge in [-0.15, -0.1) is 11.3 Å². The molecule has 1 amide bonds. The zero-order valence-electron chi connectivity index (χ0n) is 14.0. The van der Waals surface area contributed by atoms with E-state index in [9.17, 15) is 18.0 Å². The van der Waals surface area contributed by atoms with E-state index in [1.807, 2.05) is 0 Å². The van der Waals surface area contributed by atoms with Crippen LogP contribution in [0.1, 0.15) is 41.7 Å². The van der Waals surface area contributed by atoms with Crippen molar-refractivity contribution in [1.29, 1.82) is 0 Å². The van der Waals surface area contributed by atoms with E-state index < -0.39 is 11.7 Å². The van der Waals surface area contributed by atoms with Gasteiger partial charge in [0.05, 0.1) is 11.7 Å². The SMILES string of the molecule is O=C(COC1CCCC1)Nc1ncc(Cc2ccc(C(F)(F)F)cc2)s1. The lowest BCUT2D eigenvalue weighted by Crippen LogP contribution is -2.21. The zero-order chi connectivity index (χ0) is 18.6. The Morgan fingerprint density at radius 2 is 1.92 bits per heavy atom. The lowest BCUT2D eigenvalue weighted by molar-refractivity contribution is -0.137. The summed E-state index contributed by atoms with van der Waals surface area (Å²) in [6.07, 6.45) is 2.22. The van der Waals surface area contributed by atoms with Crippen molar-refractivity contribution in [2.24, 2.45) is 0 Å². The van der Waals surface area contributed by atoms with Crippen molar-refractivity contribution in [1.82, 2.24) is 4.98 Å². The summed E-state index contributed by atoms with van der Waals surface area (Å²) in [5.74, 6) is -0.243. The summed E-state index contributed by atoms with van der Waals surface area (Å²) in [4.78, 5) is 16.9. The molecule has 1 saturated carbocycles. The molecule has 0 bridgehead atoms.